The number of aliphatic hydroxyl groups is 1. The summed E-state index contributed by atoms with van der Waals surface area (Å²) in [4.78, 5) is 56.7. The maximum atomic E-state index is 14.0. The third kappa shape index (κ3) is 5.49. The van der Waals surface area contributed by atoms with Crippen LogP contribution in [-0.2, 0) is 23.8 Å². The molecule has 3 unspecified atom stereocenters. The first-order valence-corrected chi connectivity index (χ1v) is 17.5. The van der Waals surface area contributed by atoms with Crippen LogP contribution in [0.2, 0.25) is 0 Å². The van der Waals surface area contributed by atoms with Crippen molar-refractivity contribution in [2.75, 3.05) is 6.61 Å². The van der Waals surface area contributed by atoms with E-state index in [0.717, 1.165) is 10.1 Å². The molecule has 2 aliphatic carbocycles. The molecular formula is C38H39NO10S. The zero-order valence-corrected chi connectivity index (χ0v) is 29.3. The number of carbonyl (C=O) groups excluding carboxylic acids is 3. The molecule has 0 amide bonds. The number of carbonyl (C=O) groups is 3. The summed E-state index contributed by atoms with van der Waals surface area (Å²) in [6.07, 6.45) is 1.29. The Hall–Kier alpha value is -4.55. The Balaban J connectivity index is 1.37. The zero-order chi connectivity index (χ0) is 35.6. The molecule has 11 nitrogen and oxygen atoms in total. The van der Waals surface area contributed by atoms with E-state index < -0.39 is 70.1 Å². The Bertz CT molecular complexity index is 2010. The highest BCUT2D eigenvalue weighted by molar-refractivity contribution is 7.20. The summed E-state index contributed by atoms with van der Waals surface area (Å²) in [5, 5.41) is 13.3. The van der Waals surface area contributed by atoms with Gasteiger partial charge in [0.15, 0.2) is 0 Å². The number of hydrogen-bond donors (Lipinski definition) is 1. The van der Waals surface area contributed by atoms with Gasteiger partial charge in [0.05, 0.1) is 6.10 Å². The van der Waals surface area contributed by atoms with Crippen LogP contribution in [0.4, 0.5) is 0 Å². The SMILES string of the molecule is CC(=O)OCC1(C)C2C[C@H](OC(=O)c3cc4ccccc4s3)[C@@]3(C)Oc4cc(-c5cccnc5)oc(=O)c4[C@H](O)C3[C@@]2(C)CC[C@@H]1OC(C)=O. The van der Waals surface area contributed by atoms with Crippen LogP contribution in [0, 0.1) is 22.7 Å². The van der Waals surface area contributed by atoms with Crippen LogP contribution < -0.4 is 10.4 Å². The second-order valence-electron chi connectivity index (χ2n) is 14.4. The van der Waals surface area contributed by atoms with Crippen LogP contribution in [0.3, 0.4) is 0 Å². The third-order valence-corrected chi connectivity index (χ3v) is 12.4. The van der Waals surface area contributed by atoms with E-state index in [1.165, 1.54) is 25.2 Å². The van der Waals surface area contributed by atoms with Crippen LogP contribution in [0.15, 0.2) is 70.1 Å². The van der Waals surface area contributed by atoms with Crippen LogP contribution in [0.1, 0.15) is 75.2 Å². The van der Waals surface area contributed by atoms with Crippen molar-refractivity contribution < 1.29 is 42.9 Å². The monoisotopic (exact) mass is 701 g/mol. The topological polar surface area (TPSA) is 151 Å². The minimum absolute atomic E-state index is 0.0274. The van der Waals surface area contributed by atoms with E-state index in [0.29, 0.717) is 23.3 Å². The lowest BCUT2D eigenvalue weighted by molar-refractivity contribution is -0.266. The summed E-state index contributed by atoms with van der Waals surface area (Å²) in [5.41, 5.74) is -3.31. The van der Waals surface area contributed by atoms with Crippen LogP contribution in [0.25, 0.3) is 21.4 Å². The predicted octanol–water partition coefficient (Wildman–Crippen LogP) is 6.26. The molecule has 8 atom stereocenters. The highest BCUT2D eigenvalue weighted by Gasteiger charge is 2.71. The molecule has 0 spiro atoms. The first kappa shape index (κ1) is 33.9. The predicted molar refractivity (Wildman–Crippen MR) is 182 cm³/mol. The second-order valence-corrected chi connectivity index (χ2v) is 15.5. The first-order valence-electron chi connectivity index (χ1n) is 16.7. The maximum absolute atomic E-state index is 14.0. The molecule has 3 aromatic heterocycles. The quantitative estimate of drug-likeness (QED) is 0.179. The Morgan fingerprint density at radius 1 is 1.02 bits per heavy atom. The number of thiophene rings is 1. The van der Waals surface area contributed by atoms with Crippen molar-refractivity contribution in [2.24, 2.45) is 22.7 Å². The van der Waals surface area contributed by atoms with Gasteiger partial charge in [-0.1, -0.05) is 32.0 Å². The normalized spacial score (nSPS) is 31.4. The lowest BCUT2D eigenvalue weighted by Crippen LogP contribution is -2.71. The van der Waals surface area contributed by atoms with Crippen LogP contribution >= 0.6 is 11.3 Å². The molecule has 0 radical (unpaired) electrons. The molecule has 1 N–H and O–H groups in total. The molecule has 262 valence electrons. The third-order valence-electron chi connectivity index (χ3n) is 11.3. The number of esters is 3. The second kappa shape index (κ2) is 12.3. The molecule has 0 bridgehead atoms. The van der Waals surface area contributed by atoms with Crippen molar-refractivity contribution in [3.05, 3.63) is 81.8 Å². The van der Waals surface area contributed by atoms with E-state index >= 15 is 0 Å². The molecule has 12 heteroatoms. The first-order chi connectivity index (χ1) is 23.7. The van der Waals surface area contributed by atoms with Gasteiger partial charge in [-0.2, -0.15) is 0 Å². The average Bonchev–Trinajstić information content (AvgIpc) is 3.51. The van der Waals surface area contributed by atoms with Gasteiger partial charge in [0.25, 0.3) is 0 Å². The summed E-state index contributed by atoms with van der Waals surface area (Å²) in [6, 6.07) is 14.5. The minimum Gasteiger partial charge on any atom is -0.482 e. The van der Waals surface area contributed by atoms with Gasteiger partial charge < -0.3 is 28.5 Å². The van der Waals surface area contributed by atoms with Gasteiger partial charge >= 0.3 is 23.5 Å². The molecule has 2 saturated carbocycles. The standard InChI is InChI=1S/C38H39NO10S/c1-20(40)45-19-37(4)28-17-30(48-34(43)27-15-22-9-6-7-11-26(22)50-27)38(5)33(36(28,3)13-12-29(37)46-21(2)41)32(42)31-25(49-38)16-24(47-35(31)44)23-10-8-14-39-18-23/h6-11,14-16,18,28-30,32-33,42H,12-13,17,19H2,1-5H3/t28?,29-,30-,32-,33?,36-,37?,38+/m0/s1. The van der Waals surface area contributed by atoms with Gasteiger partial charge in [-0.15, -0.1) is 11.3 Å². The highest BCUT2D eigenvalue weighted by Crippen LogP contribution is 2.67. The van der Waals surface area contributed by atoms with E-state index in [2.05, 4.69) is 4.98 Å². The molecule has 7 rings (SSSR count). The van der Waals surface area contributed by atoms with Crippen LogP contribution in [-0.4, -0.2) is 52.4 Å². The van der Waals surface area contributed by atoms with Gasteiger partial charge in [-0.05, 0) is 67.2 Å². The van der Waals surface area contributed by atoms with E-state index in [4.69, 9.17) is 23.4 Å². The number of aliphatic hydroxyl groups excluding tert-OH is 1. The summed E-state index contributed by atoms with van der Waals surface area (Å²) < 4.78 is 31.4. The summed E-state index contributed by atoms with van der Waals surface area (Å²) in [6.45, 7) is 8.30. The lowest BCUT2D eigenvalue weighted by Gasteiger charge is -2.66. The zero-order valence-electron chi connectivity index (χ0n) is 28.5. The molecule has 1 aliphatic heterocycles. The number of fused-ring (bicyclic) bond motifs is 5. The number of ether oxygens (including phenoxy) is 4. The Morgan fingerprint density at radius 2 is 1.80 bits per heavy atom. The fourth-order valence-corrected chi connectivity index (χ4v) is 10.1. The highest BCUT2D eigenvalue weighted by atomic mass is 32.1. The number of hydrogen-bond acceptors (Lipinski definition) is 12. The van der Waals surface area contributed by atoms with Crippen molar-refractivity contribution in [2.45, 2.75) is 77.8 Å². The average molecular weight is 702 g/mol. The Kier molecular flexibility index (Phi) is 8.38. The Morgan fingerprint density at radius 3 is 2.50 bits per heavy atom. The summed E-state index contributed by atoms with van der Waals surface area (Å²) in [7, 11) is 0. The van der Waals surface area contributed by atoms with Gasteiger partial charge in [0.2, 0.25) is 0 Å². The van der Waals surface area contributed by atoms with Crippen molar-refractivity contribution in [3.8, 4) is 17.1 Å². The van der Waals surface area contributed by atoms with Gasteiger partial charge in [0.1, 0.15) is 46.4 Å². The number of rotatable bonds is 6. The molecule has 1 aromatic carbocycles. The molecule has 3 aliphatic rings. The fraction of sp³-hybridized carbons (Fsp3) is 0.447. The largest absolute Gasteiger partial charge is 0.482 e. The van der Waals surface area contributed by atoms with Crippen molar-refractivity contribution in [1.29, 1.82) is 0 Å². The molecule has 2 fully saturated rings. The number of aromatic nitrogens is 1. The number of pyridine rings is 1. The number of nitrogens with zero attached hydrogens (tertiary/aromatic N) is 1. The van der Waals surface area contributed by atoms with Crippen LogP contribution in [0.5, 0.6) is 5.75 Å². The smallest absolute Gasteiger partial charge is 0.348 e. The van der Waals surface area contributed by atoms with Crippen molar-refractivity contribution in [3.63, 3.8) is 0 Å². The molecular weight excluding hydrogens is 662 g/mol. The summed E-state index contributed by atoms with van der Waals surface area (Å²) >= 11 is 1.31. The molecule has 4 heterocycles. The van der Waals surface area contributed by atoms with Crippen molar-refractivity contribution >= 4 is 39.3 Å². The molecule has 0 saturated heterocycles. The van der Waals surface area contributed by atoms with E-state index in [1.807, 2.05) is 45.0 Å². The molecule has 50 heavy (non-hydrogen) atoms. The van der Waals surface area contributed by atoms with Gasteiger partial charge in [-0.25, -0.2) is 9.59 Å². The lowest BCUT2D eigenvalue weighted by atomic mass is 9.42. The minimum atomic E-state index is -1.38. The van der Waals surface area contributed by atoms with E-state index in [-0.39, 0.29) is 30.1 Å². The maximum Gasteiger partial charge on any atom is 0.348 e. The van der Waals surface area contributed by atoms with E-state index in [1.54, 1.807) is 36.7 Å². The van der Waals surface area contributed by atoms with Gasteiger partial charge in [-0.3, -0.25) is 14.6 Å². The molecule has 4 aromatic rings. The van der Waals surface area contributed by atoms with Crippen molar-refractivity contribution in [1.82, 2.24) is 4.98 Å². The Labute approximate surface area is 292 Å². The number of benzene rings is 1. The fourth-order valence-electron chi connectivity index (χ4n) is 9.11. The van der Waals surface area contributed by atoms with E-state index in [9.17, 15) is 24.3 Å². The van der Waals surface area contributed by atoms with Gasteiger partial charge in [0, 0.05) is 53.9 Å². The summed E-state index contributed by atoms with van der Waals surface area (Å²) in [5.74, 6) is -2.42.